The minimum Gasteiger partial charge on any atom is -0.507 e. The van der Waals surface area contributed by atoms with Gasteiger partial charge < -0.3 is 14.7 Å². The molecular formula is C26H23ClN2O4. The van der Waals surface area contributed by atoms with Gasteiger partial charge in [-0.1, -0.05) is 36.7 Å². The summed E-state index contributed by atoms with van der Waals surface area (Å²) in [5.41, 5.74) is 1.75. The van der Waals surface area contributed by atoms with Gasteiger partial charge in [-0.05, 0) is 60.5 Å². The number of rotatable bonds is 7. The lowest BCUT2D eigenvalue weighted by molar-refractivity contribution is -0.140. The number of aliphatic hydroxyl groups excluding tert-OH is 1. The van der Waals surface area contributed by atoms with Crippen molar-refractivity contribution < 1.29 is 19.4 Å². The number of carbonyl (C=O) groups excluding carboxylic acids is 2. The Morgan fingerprint density at radius 3 is 2.42 bits per heavy atom. The van der Waals surface area contributed by atoms with Crippen LogP contribution in [0.4, 0.5) is 0 Å². The number of hydrogen-bond acceptors (Lipinski definition) is 5. The molecule has 0 spiro atoms. The molecule has 0 bridgehead atoms. The van der Waals surface area contributed by atoms with Crippen molar-refractivity contribution in [3.8, 4) is 5.75 Å². The van der Waals surface area contributed by atoms with Gasteiger partial charge in [0.2, 0.25) is 0 Å². The van der Waals surface area contributed by atoms with E-state index in [1.807, 2.05) is 13.0 Å². The number of aromatic nitrogens is 1. The van der Waals surface area contributed by atoms with E-state index in [-0.39, 0.29) is 17.9 Å². The Bertz CT molecular complexity index is 1180. The van der Waals surface area contributed by atoms with Crippen molar-refractivity contribution in [2.75, 3.05) is 6.61 Å². The van der Waals surface area contributed by atoms with Crippen molar-refractivity contribution in [3.05, 3.63) is 100 Å². The van der Waals surface area contributed by atoms with Crippen molar-refractivity contribution in [2.24, 2.45) is 0 Å². The molecule has 1 amide bonds. The molecule has 4 rings (SSSR count). The molecule has 1 aromatic heterocycles. The summed E-state index contributed by atoms with van der Waals surface area (Å²) < 4.78 is 5.59. The molecular weight excluding hydrogens is 440 g/mol. The highest BCUT2D eigenvalue weighted by atomic mass is 35.5. The third-order valence-corrected chi connectivity index (χ3v) is 5.64. The molecule has 6 nitrogen and oxygen atoms in total. The number of hydrogen-bond donors (Lipinski definition) is 1. The number of pyridine rings is 1. The number of benzene rings is 2. The van der Waals surface area contributed by atoms with Gasteiger partial charge in [-0.2, -0.15) is 0 Å². The normalized spacial score (nSPS) is 17.4. The number of Topliss-reactive ketones (excluding diaryl/α,β-unsaturated/α-hetero) is 1. The van der Waals surface area contributed by atoms with Gasteiger partial charge in [0.1, 0.15) is 11.5 Å². The molecule has 1 fully saturated rings. The smallest absolute Gasteiger partial charge is 0.296 e. The number of carbonyl (C=O) groups is 2. The van der Waals surface area contributed by atoms with Crippen molar-refractivity contribution >= 4 is 29.1 Å². The summed E-state index contributed by atoms with van der Waals surface area (Å²) in [4.78, 5) is 31.9. The van der Waals surface area contributed by atoms with E-state index in [2.05, 4.69) is 4.98 Å². The van der Waals surface area contributed by atoms with E-state index in [4.69, 9.17) is 16.3 Å². The lowest BCUT2D eigenvalue weighted by atomic mass is 9.95. The summed E-state index contributed by atoms with van der Waals surface area (Å²) in [6.07, 6.45) is 2.51. The molecule has 0 radical (unpaired) electrons. The summed E-state index contributed by atoms with van der Waals surface area (Å²) in [5.74, 6) is -1.00. The third kappa shape index (κ3) is 4.76. The largest absolute Gasteiger partial charge is 0.507 e. The second-order valence-electron chi connectivity index (χ2n) is 7.67. The maximum Gasteiger partial charge on any atom is 0.296 e. The van der Waals surface area contributed by atoms with Gasteiger partial charge in [-0.15, -0.1) is 0 Å². The number of ketones is 1. The van der Waals surface area contributed by atoms with Crippen molar-refractivity contribution in [2.45, 2.75) is 25.9 Å². The fourth-order valence-electron chi connectivity index (χ4n) is 3.79. The molecule has 1 saturated heterocycles. The van der Waals surface area contributed by atoms with E-state index in [0.717, 1.165) is 6.42 Å². The maximum atomic E-state index is 13.1. The molecule has 2 heterocycles. The monoisotopic (exact) mass is 462 g/mol. The van der Waals surface area contributed by atoms with E-state index < -0.39 is 17.7 Å². The SMILES string of the molecule is CCCOc1ccc(/C(O)=C2\C(=O)C(=O)N(Cc3ccccn3)C2c2ccc(Cl)cc2)cc1. The topological polar surface area (TPSA) is 79.7 Å². The Balaban J connectivity index is 1.78. The molecule has 0 aliphatic carbocycles. The highest BCUT2D eigenvalue weighted by molar-refractivity contribution is 6.46. The van der Waals surface area contributed by atoms with Gasteiger partial charge in [0.25, 0.3) is 11.7 Å². The molecule has 2 aromatic carbocycles. The van der Waals surface area contributed by atoms with Gasteiger partial charge in [0.05, 0.1) is 30.5 Å². The van der Waals surface area contributed by atoms with Crippen LogP contribution in [0.15, 0.2) is 78.5 Å². The van der Waals surface area contributed by atoms with Crippen LogP contribution in [0.3, 0.4) is 0 Å². The first-order valence-corrected chi connectivity index (χ1v) is 11.0. The van der Waals surface area contributed by atoms with Gasteiger partial charge in [0, 0.05) is 16.8 Å². The van der Waals surface area contributed by atoms with Crippen molar-refractivity contribution in [3.63, 3.8) is 0 Å². The quantitative estimate of drug-likeness (QED) is 0.298. The fourth-order valence-corrected chi connectivity index (χ4v) is 3.91. The van der Waals surface area contributed by atoms with Gasteiger partial charge >= 0.3 is 0 Å². The Morgan fingerprint density at radius 2 is 1.79 bits per heavy atom. The standard InChI is InChI=1S/C26H23ClN2O4/c1-2-15-33-21-12-8-18(9-13-21)24(30)22-23(17-6-10-19(27)11-7-17)29(26(32)25(22)31)16-20-5-3-4-14-28-20/h3-14,23,30H,2,15-16H2,1H3/b24-22+. The lowest BCUT2D eigenvalue weighted by Crippen LogP contribution is -2.29. The van der Waals surface area contributed by atoms with Crippen LogP contribution in [0.25, 0.3) is 5.76 Å². The molecule has 1 aliphatic heterocycles. The summed E-state index contributed by atoms with van der Waals surface area (Å²) in [5, 5.41) is 11.7. The average Bonchev–Trinajstić information content (AvgIpc) is 3.08. The maximum absolute atomic E-state index is 13.1. The number of halogens is 1. The first kappa shape index (κ1) is 22.6. The first-order chi connectivity index (χ1) is 16.0. The van der Waals surface area contributed by atoms with Gasteiger partial charge in [-0.25, -0.2) is 0 Å². The molecule has 0 saturated carbocycles. The summed E-state index contributed by atoms with van der Waals surface area (Å²) in [6.45, 7) is 2.72. The van der Waals surface area contributed by atoms with E-state index in [1.54, 1.807) is 66.9 Å². The Hall–Kier alpha value is -3.64. The van der Waals surface area contributed by atoms with Crippen LogP contribution in [0.1, 0.15) is 36.2 Å². The average molecular weight is 463 g/mol. The summed E-state index contributed by atoms with van der Waals surface area (Å²) in [6, 6.07) is 18.3. The zero-order chi connectivity index (χ0) is 23.4. The molecule has 1 unspecified atom stereocenters. The number of ether oxygens (including phenoxy) is 1. The Kier molecular flexibility index (Phi) is 6.75. The van der Waals surface area contributed by atoms with Gasteiger partial charge in [0.15, 0.2) is 0 Å². The summed E-state index contributed by atoms with van der Waals surface area (Å²) in [7, 11) is 0. The van der Waals surface area contributed by atoms with E-state index >= 15 is 0 Å². The highest BCUT2D eigenvalue weighted by Gasteiger charge is 2.46. The molecule has 168 valence electrons. The minimum atomic E-state index is -0.778. The Morgan fingerprint density at radius 1 is 1.06 bits per heavy atom. The lowest BCUT2D eigenvalue weighted by Gasteiger charge is -2.25. The number of aliphatic hydroxyl groups is 1. The molecule has 1 aliphatic rings. The van der Waals surface area contributed by atoms with Crippen LogP contribution < -0.4 is 4.74 Å². The van der Waals surface area contributed by atoms with Crippen LogP contribution in [-0.2, 0) is 16.1 Å². The first-order valence-electron chi connectivity index (χ1n) is 10.7. The van der Waals surface area contributed by atoms with Gasteiger partial charge in [-0.3, -0.25) is 14.6 Å². The highest BCUT2D eigenvalue weighted by Crippen LogP contribution is 2.40. The van der Waals surface area contributed by atoms with Crippen LogP contribution in [0.5, 0.6) is 5.75 Å². The second-order valence-corrected chi connectivity index (χ2v) is 8.11. The van der Waals surface area contributed by atoms with Crippen LogP contribution >= 0.6 is 11.6 Å². The molecule has 1 N–H and O–H groups in total. The predicted molar refractivity (Wildman–Crippen MR) is 126 cm³/mol. The van der Waals surface area contributed by atoms with Crippen LogP contribution in [-0.4, -0.2) is 33.3 Å². The zero-order valence-electron chi connectivity index (χ0n) is 18.1. The third-order valence-electron chi connectivity index (χ3n) is 5.38. The van der Waals surface area contributed by atoms with E-state index in [0.29, 0.717) is 34.2 Å². The number of amides is 1. The van der Waals surface area contributed by atoms with Crippen LogP contribution in [0, 0.1) is 0 Å². The van der Waals surface area contributed by atoms with Crippen molar-refractivity contribution in [1.29, 1.82) is 0 Å². The molecule has 33 heavy (non-hydrogen) atoms. The number of likely N-dealkylation sites (tertiary alicyclic amines) is 1. The number of nitrogens with zero attached hydrogens (tertiary/aromatic N) is 2. The molecule has 7 heteroatoms. The van der Waals surface area contributed by atoms with E-state index in [1.165, 1.54) is 4.90 Å². The van der Waals surface area contributed by atoms with Crippen LogP contribution in [0.2, 0.25) is 5.02 Å². The summed E-state index contributed by atoms with van der Waals surface area (Å²) >= 11 is 6.06. The second kappa shape index (κ2) is 9.88. The fraction of sp³-hybridized carbons (Fsp3) is 0.192. The minimum absolute atomic E-state index is 0.0282. The predicted octanol–water partition coefficient (Wildman–Crippen LogP) is 5.15. The zero-order valence-corrected chi connectivity index (χ0v) is 18.8. The van der Waals surface area contributed by atoms with Crippen molar-refractivity contribution in [1.82, 2.24) is 9.88 Å². The van der Waals surface area contributed by atoms with E-state index in [9.17, 15) is 14.7 Å². The molecule has 3 aromatic rings. The molecule has 1 atom stereocenters. The Labute approximate surface area is 197 Å².